The normalized spacial score (nSPS) is 19.3. The smallest absolute Gasteiger partial charge is 0.307 e. The molecule has 0 radical (unpaired) electrons. The topological polar surface area (TPSA) is 113 Å². The summed E-state index contributed by atoms with van der Waals surface area (Å²) < 4.78 is 27.4. The summed E-state index contributed by atoms with van der Waals surface area (Å²) in [4.78, 5) is 24.1. The molecule has 0 aromatic heterocycles. The van der Waals surface area contributed by atoms with Gasteiger partial charge in [0, 0.05) is 11.4 Å². The van der Waals surface area contributed by atoms with E-state index in [1.165, 1.54) is 12.1 Å². The highest BCUT2D eigenvalue weighted by molar-refractivity contribution is 7.92. The van der Waals surface area contributed by atoms with Crippen LogP contribution >= 0.6 is 0 Å². The molecule has 2 aromatic rings. The Morgan fingerprint density at radius 1 is 0.897 bits per heavy atom. The maximum atomic E-state index is 12.5. The number of carboxylic acid groups (broad SMARTS) is 1. The Balaban J connectivity index is 1.66. The van der Waals surface area contributed by atoms with Crippen LogP contribution in [0.5, 0.6) is 0 Å². The van der Waals surface area contributed by atoms with E-state index in [0.717, 1.165) is 18.4 Å². The Morgan fingerprint density at radius 3 is 2.03 bits per heavy atom. The lowest BCUT2D eigenvalue weighted by Crippen LogP contribution is -2.36. The molecule has 2 atom stereocenters. The molecule has 0 saturated heterocycles. The van der Waals surface area contributed by atoms with E-state index in [1.54, 1.807) is 36.4 Å². The van der Waals surface area contributed by atoms with Gasteiger partial charge in [0.2, 0.25) is 5.91 Å². The minimum absolute atomic E-state index is 0.164. The molecule has 154 valence electrons. The van der Waals surface area contributed by atoms with Crippen LogP contribution in [0.15, 0.2) is 53.4 Å². The summed E-state index contributed by atoms with van der Waals surface area (Å²) in [6, 6.07) is 12.8. The fraction of sp³-hybridized carbons (Fsp3) is 0.333. The molecule has 3 rings (SSSR count). The number of aryl methyl sites for hydroxylation is 1. The Hall–Kier alpha value is -2.87. The molecule has 0 heterocycles. The zero-order valence-electron chi connectivity index (χ0n) is 16.1. The Labute approximate surface area is 170 Å². The second-order valence-corrected chi connectivity index (χ2v) is 9.00. The summed E-state index contributed by atoms with van der Waals surface area (Å²) in [7, 11) is -3.70. The van der Waals surface area contributed by atoms with Crippen molar-refractivity contribution in [1.82, 2.24) is 0 Å². The van der Waals surface area contributed by atoms with Crippen LogP contribution in [-0.4, -0.2) is 25.4 Å². The van der Waals surface area contributed by atoms with Gasteiger partial charge in [-0.1, -0.05) is 30.5 Å². The third-order valence-electron chi connectivity index (χ3n) is 5.16. The molecule has 1 aliphatic rings. The minimum atomic E-state index is -3.70. The molecular formula is C21H24N2O5S. The van der Waals surface area contributed by atoms with Crippen LogP contribution in [0.1, 0.15) is 31.2 Å². The van der Waals surface area contributed by atoms with E-state index in [0.29, 0.717) is 24.2 Å². The molecule has 0 aliphatic heterocycles. The molecule has 1 fully saturated rings. The molecule has 7 nitrogen and oxygen atoms in total. The molecule has 1 saturated carbocycles. The molecule has 2 aromatic carbocycles. The van der Waals surface area contributed by atoms with E-state index >= 15 is 0 Å². The molecule has 0 unspecified atom stereocenters. The fourth-order valence-electron chi connectivity index (χ4n) is 3.53. The van der Waals surface area contributed by atoms with Gasteiger partial charge < -0.3 is 10.4 Å². The van der Waals surface area contributed by atoms with Gasteiger partial charge in [0.1, 0.15) is 0 Å². The van der Waals surface area contributed by atoms with E-state index in [9.17, 15) is 23.1 Å². The van der Waals surface area contributed by atoms with Crippen LogP contribution in [-0.2, 0) is 19.6 Å². The van der Waals surface area contributed by atoms with Crippen molar-refractivity contribution in [3.8, 4) is 0 Å². The summed E-state index contributed by atoms with van der Waals surface area (Å²) in [6.45, 7) is 1.88. The van der Waals surface area contributed by atoms with Crippen LogP contribution in [0, 0.1) is 18.8 Å². The third kappa shape index (κ3) is 5.14. The zero-order chi connectivity index (χ0) is 21.0. The highest BCUT2D eigenvalue weighted by Gasteiger charge is 2.35. The molecule has 29 heavy (non-hydrogen) atoms. The highest BCUT2D eigenvalue weighted by Crippen LogP contribution is 2.31. The lowest BCUT2D eigenvalue weighted by molar-refractivity contribution is -0.147. The summed E-state index contributed by atoms with van der Waals surface area (Å²) in [5, 5.41) is 12.1. The quantitative estimate of drug-likeness (QED) is 0.666. The standard InChI is InChI=1S/C21H24N2O5S/c1-14-6-12-17(13-7-14)29(27,28)23-16-10-8-15(9-11-16)22-20(24)18-4-2-3-5-19(18)21(25)26/h6-13,18-19,23H,2-5H2,1H3,(H,22,24)(H,25,26)/t18-,19-/m0/s1. The fourth-order valence-corrected chi connectivity index (χ4v) is 4.59. The molecule has 0 bridgehead atoms. The van der Waals surface area contributed by atoms with Crippen LogP contribution in [0.3, 0.4) is 0 Å². The maximum Gasteiger partial charge on any atom is 0.307 e. The molecule has 1 amide bonds. The van der Waals surface area contributed by atoms with E-state index in [-0.39, 0.29) is 10.8 Å². The number of rotatable bonds is 6. The van der Waals surface area contributed by atoms with Gasteiger partial charge in [-0.25, -0.2) is 8.42 Å². The van der Waals surface area contributed by atoms with Crippen molar-refractivity contribution in [3.63, 3.8) is 0 Å². The maximum absolute atomic E-state index is 12.5. The number of carbonyl (C=O) groups excluding carboxylic acids is 1. The van der Waals surface area contributed by atoms with Crippen molar-refractivity contribution in [3.05, 3.63) is 54.1 Å². The zero-order valence-corrected chi connectivity index (χ0v) is 16.9. The average Bonchev–Trinajstić information content (AvgIpc) is 2.69. The van der Waals surface area contributed by atoms with Gasteiger partial charge >= 0.3 is 5.97 Å². The molecular weight excluding hydrogens is 392 g/mol. The van der Waals surface area contributed by atoms with Crippen LogP contribution in [0.4, 0.5) is 11.4 Å². The number of benzene rings is 2. The van der Waals surface area contributed by atoms with Gasteiger partial charge in [-0.2, -0.15) is 0 Å². The van der Waals surface area contributed by atoms with Crippen molar-refractivity contribution in [2.75, 3.05) is 10.0 Å². The van der Waals surface area contributed by atoms with E-state index in [2.05, 4.69) is 10.0 Å². The third-order valence-corrected chi connectivity index (χ3v) is 6.55. The van der Waals surface area contributed by atoms with Crippen LogP contribution in [0.2, 0.25) is 0 Å². The minimum Gasteiger partial charge on any atom is -0.481 e. The molecule has 8 heteroatoms. The Kier molecular flexibility index (Phi) is 6.22. The van der Waals surface area contributed by atoms with Crippen molar-refractivity contribution >= 4 is 33.3 Å². The second-order valence-electron chi connectivity index (χ2n) is 7.32. The molecule has 0 spiro atoms. The van der Waals surface area contributed by atoms with Crippen molar-refractivity contribution in [2.24, 2.45) is 11.8 Å². The van der Waals surface area contributed by atoms with Gasteiger partial charge in [-0.15, -0.1) is 0 Å². The summed E-state index contributed by atoms with van der Waals surface area (Å²) >= 11 is 0. The van der Waals surface area contributed by atoms with E-state index in [1.807, 2.05) is 6.92 Å². The van der Waals surface area contributed by atoms with Gasteiger partial charge in [0.05, 0.1) is 16.7 Å². The predicted octanol–water partition coefficient (Wildman–Crippen LogP) is 3.63. The first kappa shape index (κ1) is 20.9. The van der Waals surface area contributed by atoms with Crippen molar-refractivity contribution in [2.45, 2.75) is 37.5 Å². The van der Waals surface area contributed by atoms with E-state index < -0.39 is 27.8 Å². The lowest BCUT2D eigenvalue weighted by Gasteiger charge is -2.27. The number of nitrogens with one attached hydrogen (secondary N) is 2. The van der Waals surface area contributed by atoms with Gasteiger partial charge in [0.15, 0.2) is 0 Å². The van der Waals surface area contributed by atoms with Crippen molar-refractivity contribution < 1.29 is 23.1 Å². The molecule has 1 aliphatic carbocycles. The number of hydrogen-bond acceptors (Lipinski definition) is 4. The second kappa shape index (κ2) is 8.65. The van der Waals surface area contributed by atoms with Gasteiger partial charge in [-0.05, 0) is 56.2 Å². The van der Waals surface area contributed by atoms with Gasteiger partial charge in [-0.3, -0.25) is 14.3 Å². The predicted molar refractivity (Wildman–Crippen MR) is 110 cm³/mol. The largest absolute Gasteiger partial charge is 0.481 e. The first-order valence-corrected chi connectivity index (χ1v) is 11.0. The number of carboxylic acids is 1. The molecule has 3 N–H and O–H groups in total. The number of anilines is 2. The van der Waals surface area contributed by atoms with Crippen LogP contribution in [0.25, 0.3) is 0 Å². The first-order chi connectivity index (χ1) is 13.8. The number of aliphatic carboxylic acids is 1. The Morgan fingerprint density at radius 2 is 1.45 bits per heavy atom. The SMILES string of the molecule is Cc1ccc(S(=O)(=O)Nc2ccc(NC(=O)[C@H]3CCCC[C@@H]3C(=O)O)cc2)cc1. The van der Waals surface area contributed by atoms with Crippen LogP contribution < -0.4 is 10.0 Å². The first-order valence-electron chi connectivity index (χ1n) is 9.49. The Bertz CT molecular complexity index is 985. The monoisotopic (exact) mass is 416 g/mol. The van der Waals surface area contributed by atoms with E-state index in [4.69, 9.17) is 0 Å². The average molecular weight is 416 g/mol. The summed E-state index contributed by atoms with van der Waals surface area (Å²) in [5.41, 5.74) is 1.82. The summed E-state index contributed by atoms with van der Waals surface area (Å²) in [6.07, 6.45) is 2.71. The summed E-state index contributed by atoms with van der Waals surface area (Å²) in [5.74, 6) is -2.47. The number of carbonyl (C=O) groups is 2. The number of sulfonamides is 1. The van der Waals surface area contributed by atoms with Gasteiger partial charge in [0.25, 0.3) is 10.0 Å². The number of hydrogen-bond donors (Lipinski definition) is 3. The highest BCUT2D eigenvalue weighted by atomic mass is 32.2. The lowest BCUT2D eigenvalue weighted by atomic mass is 9.78. The number of amides is 1. The van der Waals surface area contributed by atoms with Crippen molar-refractivity contribution in [1.29, 1.82) is 0 Å².